The van der Waals surface area contributed by atoms with Crippen LogP contribution in [0.2, 0.25) is 5.28 Å². The fourth-order valence-corrected chi connectivity index (χ4v) is 1.71. The van der Waals surface area contributed by atoms with Gasteiger partial charge in [0.2, 0.25) is 17.2 Å². The minimum Gasteiger partial charge on any atom is -0.378 e. The van der Waals surface area contributed by atoms with E-state index in [0.29, 0.717) is 31.7 Å². The van der Waals surface area contributed by atoms with Crippen molar-refractivity contribution in [3.8, 4) is 0 Å². The standard InChI is InChI=1S/C11H16ClN5O/c1-8(2)7-13-10-14-9(12)15-11(16-10)17-3-5-18-6-4-17/h1,3-7H2,2H3,(H,13,14,15,16). The van der Waals surface area contributed by atoms with E-state index in [1.165, 1.54) is 0 Å². The number of rotatable bonds is 4. The fraction of sp³-hybridized carbons (Fsp3) is 0.545. The topological polar surface area (TPSA) is 63.2 Å². The van der Waals surface area contributed by atoms with Crippen LogP contribution in [0.3, 0.4) is 0 Å². The Morgan fingerprint density at radius 2 is 2.11 bits per heavy atom. The van der Waals surface area contributed by atoms with Gasteiger partial charge < -0.3 is 15.0 Å². The average Bonchev–Trinajstić information content (AvgIpc) is 2.37. The van der Waals surface area contributed by atoms with Gasteiger partial charge in [0.15, 0.2) is 0 Å². The molecule has 1 aromatic rings. The Bertz CT molecular complexity index is 433. The Balaban J connectivity index is 2.12. The van der Waals surface area contributed by atoms with Crippen molar-refractivity contribution in [2.24, 2.45) is 0 Å². The molecule has 2 heterocycles. The number of hydrogen-bond acceptors (Lipinski definition) is 6. The second kappa shape index (κ2) is 5.97. The van der Waals surface area contributed by atoms with E-state index >= 15 is 0 Å². The van der Waals surface area contributed by atoms with Gasteiger partial charge in [0.05, 0.1) is 13.2 Å². The van der Waals surface area contributed by atoms with Gasteiger partial charge in [0.25, 0.3) is 0 Å². The van der Waals surface area contributed by atoms with E-state index in [9.17, 15) is 0 Å². The van der Waals surface area contributed by atoms with Gasteiger partial charge in [-0.25, -0.2) is 0 Å². The molecule has 0 saturated carbocycles. The number of morpholine rings is 1. The maximum absolute atomic E-state index is 5.90. The maximum Gasteiger partial charge on any atom is 0.231 e. The van der Waals surface area contributed by atoms with Gasteiger partial charge in [-0.2, -0.15) is 15.0 Å². The van der Waals surface area contributed by atoms with Gasteiger partial charge in [-0.1, -0.05) is 12.2 Å². The van der Waals surface area contributed by atoms with E-state index in [0.717, 1.165) is 18.7 Å². The third kappa shape index (κ3) is 3.54. The Kier molecular flexibility index (Phi) is 4.33. The number of hydrogen-bond donors (Lipinski definition) is 1. The number of ether oxygens (including phenoxy) is 1. The maximum atomic E-state index is 5.90. The number of nitrogens with zero attached hydrogens (tertiary/aromatic N) is 4. The molecule has 6 nitrogen and oxygen atoms in total. The van der Waals surface area contributed by atoms with Crippen LogP contribution in [0.25, 0.3) is 0 Å². The highest BCUT2D eigenvalue weighted by molar-refractivity contribution is 6.28. The lowest BCUT2D eigenvalue weighted by molar-refractivity contribution is 0.122. The summed E-state index contributed by atoms with van der Waals surface area (Å²) in [5.74, 6) is 1.06. The first-order chi connectivity index (χ1) is 8.65. The van der Waals surface area contributed by atoms with Crippen LogP contribution in [0.5, 0.6) is 0 Å². The summed E-state index contributed by atoms with van der Waals surface area (Å²) in [7, 11) is 0. The van der Waals surface area contributed by atoms with Crippen LogP contribution in [0.1, 0.15) is 6.92 Å². The van der Waals surface area contributed by atoms with Crippen molar-refractivity contribution < 1.29 is 4.74 Å². The van der Waals surface area contributed by atoms with E-state index in [2.05, 4.69) is 26.8 Å². The van der Waals surface area contributed by atoms with Crippen molar-refractivity contribution in [2.75, 3.05) is 43.1 Å². The van der Waals surface area contributed by atoms with Crippen LogP contribution in [0, 0.1) is 0 Å². The first kappa shape index (κ1) is 13.0. The van der Waals surface area contributed by atoms with Crippen molar-refractivity contribution >= 4 is 23.5 Å². The lowest BCUT2D eigenvalue weighted by Crippen LogP contribution is -2.37. The third-order valence-electron chi connectivity index (χ3n) is 2.44. The molecule has 1 fully saturated rings. The Hall–Kier alpha value is -1.40. The zero-order chi connectivity index (χ0) is 13.0. The van der Waals surface area contributed by atoms with Gasteiger partial charge in [-0.3, -0.25) is 0 Å². The highest BCUT2D eigenvalue weighted by atomic mass is 35.5. The predicted molar refractivity (Wildman–Crippen MR) is 71.2 cm³/mol. The number of aromatic nitrogens is 3. The molecule has 7 heteroatoms. The largest absolute Gasteiger partial charge is 0.378 e. The molecule has 98 valence electrons. The van der Waals surface area contributed by atoms with E-state index in [1.54, 1.807) is 0 Å². The van der Waals surface area contributed by atoms with E-state index in [1.807, 2.05) is 11.8 Å². The van der Waals surface area contributed by atoms with Gasteiger partial charge >= 0.3 is 0 Å². The van der Waals surface area contributed by atoms with Crippen LogP contribution in [-0.2, 0) is 4.74 Å². The summed E-state index contributed by atoms with van der Waals surface area (Å²) >= 11 is 5.90. The molecule has 2 rings (SSSR count). The molecular weight excluding hydrogens is 254 g/mol. The monoisotopic (exact) mass is 269 g/mol. The van der Waals surface area contributed by atoms with Crippen LogP contribution >= 0.6 is 11.6 Å². The third-order valence-corrected chi connectivity index (χ3v) is 2.61. The van der Waals surface area contributed by atoms with Crippen molar-refractivity contribution in [3.05, 3.63) is 17.4 Å². The Labute approximate surface area is 111 Å². The van der Waals surface area contributed by atoms with E-state index in [-0.39, 0.29) is 5.28 Å². The van der Waals surface area contributed by atoms with Crippen LogP contribution < -0.4 is 10.2 Å². The minimum atomic E-state index is 0.190. The zero-order valence-electron chi connectivity index (χ0n) is 10.3. The van der Waals surface area contributed by atoms with E-state index < -0.39 is 0 Å². The molecule has 0 atom stereocenters. The Morgan fingerprint density at radius 3 is 2.78 bits per heavy atom. The molecule has 0 amide bonds. The van der Waals surface area contributed by atoms with Crippen molar-refractivity contribution in [1.29, 1.82) is 0 Å². The summed E-state index contributed by atoms with van der Waals surface area (Å²) in [6, 6.07) is 0. The summed E-state index contributed by atoms with van der Waals surface area (Å²) in [6.45, 7) is 9.24. The average molecular weight is 270 g/mol. The molecule has 18 heavy (non-hydrogen) atoms. The van der Waals surface area contributed by atoms with Crippen LogP contribution in [0.4, 0.5) is 11.9 Å². The SMILES string of the molecule is C=C(C)CNc1nc(Cl)nc(N2CCOCC2)n1. The fourth-order valence-electron chi connectivity index (χ4n) is 1.55. The molecular formula is C11H16ClN5O. The molecule has 0 aliphatic carbocycles. The first-order valence-electron chi connectivity index (χ1n) is 5.77. The van der Waals surface area contributed by atoms with Gasteiger partial charge in [0.1, 0.15) is 0 Å². The molecule has 0 spiro atoms. The molecule has 1 saturated heterocycles. The molecule has 0 radical (unpaired) electrons. The predicted octanol–water partition coefficient (Wildman–Crippen LogP) is 1.35. The molecule has 0 bridgehead atoms. The normalized spacial score (nSPS) is 15.6. The van der Waals surface area contributed by atoms with Crippen molar-refractivity contribution in [3.63, 3.8) is 0 Å². The van der Waals surface area contributed by atoms with Crippen LogP contribution in [-0.4, -0.2) is 47.8 Å². The summed E-state index contributed by atoms with van der Waals surface area (Å²) in [5.41, 5.74) is 0.999. The highest BCUT2D eigenvalue weighted by Crippen LogP contribution is 2.15. The lowest BCUT2D eigenvalue weighted by Gasteiger charge is -2.26. The van der Waals surface area contributed by atoms with Crippen molar-refractivity contribution in [2.45, 2.75) is 6.92 Å². The lowest BCUT2D eigenvalue weighted by atomic mass is 10.3. The van der Waals surface area contributed by atoms with Gasteiger partial charge in [0, 0.05) is 19.6 Å². The number of halogens is 1. The highest BCUT2D eigenvalue weighted by Gasteiger charge is 2.15. The molecule has 1 aliphatic rings. The van der Waals surface area contributed by atoms with Gasteiger partial charge in [-0.15, -0.1) is 0 Å². The first-order valence-corrected chi connectivity index (χ1v) is 6.15. The summed E-state index contributed by atoms with van der Waals surface area (Å²) in [6.07, 6.45) is 0. The molecule has 1 aromatic heterocycles. The van der Waals surface area contributed by atoms with Gasteiger partial charge in [-0.05, 0) is 18.5 Å². The van der Waals surface area contributed by atoms with E-state index in [4.69, 9.17) is 16.3 Å². The summed E-state index contributed by atoms with van der Waals surface area (Å²) < 4.78 is 5.29. The summed E-state index contributed by atoms with van der Waals surface area (Å²) in [5, 5.41) is 3.25. The molecule has 1 aliphatic heterocycles. The second-order valence-corrected chi connectivity index (χ2v) is 4.48. The molecule has 0 unspecified atom stereocenters. The van der Waals surface area contributed by atoms with Crippen molar-refractivity contribution in [1.82, 2.24) is 15.0 Å². The number of anilines is 2. The number of nitrogens with one attached hydrogen (secondary N) is 1. The van der Waals surface area contributed by atoms with Crippen LogP contribution in [0.15, 0.2) is 12.2 Å². The minimum absolute atomic E-state index is 0.190. The smallest absolute Gasteiger partial charge is 0.231 e. The molecule has 0 aromatic carbocycles. The molecule has 1 N–H and O–H groups in total. The summed E-state index contributed by atoms with van der Waals surface area (Å²) in [4.78, 5) is 14.5. The quantitative estimate of drug-likeness (QED) is 0.833. The zero-order valence-corrected chi connectivity index (χ0v) is 11.1. The second-order valence-electron chi connectivity index (χ2n) is 4.14. The Morgan fingerprint density at radius 1 is 1.39 bits per heavy atom.